The minimum absolute atomic E-state index is 0.302. The molecule has 16 atom stereocenters. The van der Waals surface area contributed by atoms with Crippen LogP contribution in [-0.2, 0) is 9.59 Å². The first-order chi connectivity index (χ1) is 17.7. The molecule has 9 aliphatic rings. The van der Waals surface area contributed by atoms with Crippen LogP contribution >= 0.6 is 23.5 Å². The van der Waals surface area contributed by atoms with Crippen LogP contribution in [0, 0.1) is 71.0 Å². The molecule has 7 aliphatic carbocycles. The van der Waals surface area contributed by atoms with Crippen molar-refractivity contribution < 1.29 is 9.59 Å². The summed E-state index contributed by atoms with van der Waals surface area (Å²) in [5.74, 6) is 8.80. The molecule has 16 unspecified atom stereocenters. The van der Waals surface area contributed by atoms with Crippen LogP contribution in [0.3, 0.4) is 0 Å². The number of thioether (sulfide) groups is 2. The number of hydrogen-bond acceptors (Lipinski definition) is 4. The van der Waals surface area contributed by atoms with Crippen molar-refractivity contribution in [2.45, 2.75) is 111 Å². The van der Waals surface area contributed by atoms with Gasteiger partial charge >= 0.3 is 0 Å². The fourth-order valence-electron chi connectivity index (χ4n) is 12.5. The second-order valence-electron chi connectivity index (χ2n) is 15.0. The third-order valence-electron chi connectivity index (χ3n) is 13.9. The summed E-state index contributed by atoms with van der Waals surface area (Å²) in [6, 6.07) is 0. The van der Waals surface area contributed by atoms with Crippen molar-refractivity contribution in [2.75, 3.05) is 0 Å². The highest BCUT2D eigenvalue weighted by Gasteiger charge is 2.67. The quantitative estimate of drug-likeness (QED) is 0.340. The minimum atomic E-state index is 0.302. The summed E-state index contributed by atoms with van der Waals surface area (Å²) in [5.41, 5.74) is 0. The van der Waals surface area contributed by atoms with E-state index < -0.39 is 0 Å². The molecule has 36 heavy (non-hydrogen) atoms. The summed E-state index contributed by atoms with van der Waals surface area (Å²) in [7, 11) is 0. The van der Waals surface area contributed by atoms with Crippen LogP contribution in [0.1, 0.15) is 89.9 Å². The summed E-state index contributed by atoms with van der Waals surface area (Å²) in [5, 5.41) is 2.63. The van der Waals surface area contributed by atoms with Crippen molar-refractivity contribution in [3.05, 3.63) is 0 Å². The Balaban J connectivity index is 0.962. The number of ketones is 2. The molecule has 0 aromatic rings. The Labute approximate surface area is 226 Å². The molecule has 0 aromatic heterocycles. The van der Waals surface area contributed by atoms with Crippen molar-refractivity contribution in [3.63, 3.8) is 0 Å². The molecule has 2 saturated heterocycles. The van der Waals surface area contributed by atoms with Crippen LogP contribution in [0.2, 0.25) is 0 Å². The first-order valence-corrected chi connectivity index (χ1v) is 17.9. The highest BCUT2D eigenvalue weighted by molar-refractivity contribution is 8.01. The summed E-state index contributed by atoms with van der Waals surface area (Å²) in [4.78, 5) is 28.2. The summed E-state index contributed by atoms with van der Waals surface area (Å²) in [6.45, 7) is 0. The smallest absolute Gasteiger partial charge is 0.140 e. The Kier molecular flexibility index (Phi) is 5.25. The zero-order valence-corrected chi connectivity index (χ0v) is 23.4. The molecular weight excluding hydrogens is 480 g/mol. The Hall–Kier alpha value is 0.0400. The average Bonchev–Trinajstić information content (AvgIpc) is 3.60. The number of Topliss-reactive ketones (excluding diaryl/α,β-unsaturated/α-hetero) is 2. The van der Waals surface area contributed by atoms with Gasteiger partial charge in [-0.1, -0.05) is 51.4 Å². The van der Waals surface area contributed by atoms with E-state index in [0.717, 1.165) is 47.0 Å². The summed E-state index contributed by atoms with van der Waals surface area (Å²) < 4.78 is 0. The van der Waals surface area contributed by atoms with Crippen LogP contribution in [0.5, 0.6) is 0 Å². The zero-order valence-electron chi connectivity index (χ0n) is 21.8. The third kappa shape index (κ3) is 3.07. The van der Waals surface area contributed by atoms with Gasteiger partial charge in [-0.15, -0.1) is 0 Å². The number of hydrogen-bond donors (Lipinski definition) is 0. The second kappa shape index (κ2) is 8.28. The molecule has 2 heterocycles. The lowest BCUT2D eigenvalue weighted by Gasteiger charge is -2.43. The van der Waals surface area contributed by atoms with Gasteiger partial charge in [0.1, 0.15) is 11.6 Å². The van der Waals surface area contributed by atoms with E-state index in [-0.39, 0.29) is 0 Å². The molecular formula is C32H44O2S2. The molecule has 2 nitrogen and oxygen atoms in total. The van der Waals surface area contributed by atoms with Crippen LogP contribution in [0.25, 0.3) is 0 Å². The predicted molar refractivity (Wildman–Crippen MR) is 147 cm³/mol. The van der Waals surface area contributed by atoms with Gasteiger partial charge < -0.3 is 0 Å². The lowest BCUT2D eigenvalue weighted by molar-refractivity contribution is -0.130. The first-order valence-electron chi connectivity index (χ1n) is 16.0. The number of carbonyl (C=O) groups excluding carboxylic acids is 2. The van der Waals surface area contributed by atoms with Crippen LogP contribution in [0.15, 0.2) is 0 Å². The Morgan fingerprint density at radius 3 is 1.28 bits per heavy atom. The Morgan fingerprint density at radius 1 is 0.472 bits per heavy atom. The molecule has 0 radical (unpaired) electrons. The molecule has 9 fully saturated rings. The van der Waals surface area contributed by atoms with Crippen LogP contribution < -0.4 is 0 Å². The molecule has 0 spiro atoms. The fraction of sp³-hybridized carbons (Fsp3) is 0.938. The Bertz CT molecular complexity index is 888. The normalized spacial score (nSPS) is 60.8. The lowest BCUT2D eigenvalue weighted by Crippen LogP contribution is -2.39. The predicted octanol–water partition coefficient (Wildman–Crippen LogP) is 7.04. The van der Waals surface area contributed by atoms with Crippen LogP contribution in [0.4, 0.5) is 0 Å². The summed E-state index contributed by atoms with van der Waals surface area (Å²) >= 11 is 4.52. The van der Waals surface area contributed by atoms with Gasteiger partial charge in [0.2, 0.25) is 0 Å². The van der Waals surface area contributed by atoms with Crippen molar-refractivity contribution in [1.29, 1.82) is 0 Å². The first kappa shape index (κ1) is 22.8. The molecule has 9 rings (SSSR count). The van der Waals surface area contributed by atoms with Gasteiger partial charge in [-0.2, -0.15) is 23.5 Å². The largest absolute Gasteiger partial charge is 0.299 e. The number of carbonyl (C=O) groups is 2. The molecule has 0 bridgehead atoms. The fourth-order valence-corrected chi connectivity index (χ4v) is 17.0. The molecule has 0 amide bonds. The molecule has 4 heteroatoms. The third-order valence-corrected chi connectivity index (χ3v) is 17.6. The van der Waals surface area contributed by atoms with E-state index in [1.54, 1.807) is 0 Å². The maximum absolute atomic E-state index is 14.1. The van der Waals surface area contributed by atoms with Crippen LogP contribution in [-0.4, -0.2) is 32.6 Å². The van der Waals surface area contributed by atoms with Crippen molar-refractivity contribution in [1.82, 2.24) is 0 Å². The van der Waals surface area contributed by atoms with Gasteiger partial charge in [0, 0.05) is 44.7 Å². The van der Waals surface area contributed by atoms with Gasteiger partial charge in [-0.05, 0) is 85.9 Å². The van der Waals surface area contributed by atoms with Crippen molar-refractivity contribution in [2.24, 2.45) is 71.0 Å². The lowest BCUT2D eigenvalue weighted by atomic mass is 9.64. The number of fused-ring (bicyclic) bond motifs is 12. The molecule has 7 saturated carbocycles. The highest BCUT2D eigenvalue weighted by atomic mass is 32.2. The maximum Gasteiger partial charge on any atom is 0.140 e. The molecule has 2 aliphatic heterocycles. The van der Waals surface area contributed by atoms with E-state index in [1.807, 2.05) is 0 Å². The molecule has 196 valence electrons. The van der Waals surface area contributed by atoms with Gasteiger partial charge in [0.15, 0.2) is 0 Å². The average molecular weight is 525 g/mol. The second-order valence-corrected chi connectivity index (χ2v) is 17.9. The van der Waals surface area contributed by atoms with E-state index in [2.05, 4.69) is 23.5 Å². The van der Waals surface area contributed by atoms with E-state index in [9.17, 15) is 9.59 Å². The minimum Gasteiger partial charge on any atom is -0.299 e. The maximum atomic E-state index is 14.1. The van der Waals surface area contributed by atoms with Crippen molar-refractivity contribution in [3.8, 4) is 0 Å². The van der Waals surface area contributed by atoms with E-state index in [0.29, 0.717) is 69.4 Å². The monoisotopic (exact) mass is 524 g/mol. The zero-order chi connectivity index (χ0) is 23.7. The van der Waals surface area contributed by atoms with Gasteiger partial charge in [-0.3, -0.25) is 9.59 Å². The highest BCUT2D eigenvalue weighted by Crippen LogP contribution is 2.68. The van der Waals surface area contributed by atoms with E-state index >= 15 is 0 Å². The molecule has 0 N–H and O–H groups in total. The van der Waals surface area contributed by atoms with Gasteiger partial charge in [0.05, 0.1) is 0 Å². The number of rotatable bonds is 0. The summed E-state index contributed by atoms with van der Waals surface area (Å²) in [6.07, 6.45) is 19.2. The SMILES string of the molecule is O=C1C2CC3C(CC2C2SC4CC5CCCCC5CC4C12)C(=O)C1C2CC4CCCCC4CC2SC31. The van der Waals surface area contributed by atoms with Gasteiger partial charge in [0.25, 0.3) is 0 Å². The molecule has 0 aromatic carbocycles. The van der Waals surface area contributed by atoms with Crippen molar-refractivity contribution >= 4 is 35.1 Å². The standard InChI is InChI=1S/C32H44O2S2/c33-29-19-13-22-20(30(34)28-24-10-16-6-2-4-8-18(16)12-26(24)36-32(22)28)14-21(19)31-27(29)23-9-15-5-1-3-7-17(15)11-25(23)35-31/h15-28,31-32H,1-14H2. The topological polar surface area (TPSA) is 34.1 Å². The van der Waals surface area contributed by atoms with E-state index in [4.69, 9.17) is 0 Å². The van der Waals surface area contributed by atoms with E-state index in [1.165, 1.54) is 77.0 Å². The van der Waals surface area contributed by atoms with Gasteiger partial charge in [-0.25, -0.2) is 0 Å². The Morgan fingerprint density at radius 2 is 0.861 bits per heavy atom.